The van der Waals surface area contributed by atoms with E-state index >= 15 is 0 Å². The van der Waals surface area contributed by atoms with Gasteiger partial charge in [-0.15, -0.1) is 0 Å². The highest BCUT2D eigenvalue weighted by Gasteiger charge is 2.19. The third-order valence-electron chi connectivity index (χ3n) is 2.66. The van der Waals surface area contributed by atoms with E-state index in [2.05, 4.69) is 5.10 Å². The van der Waals surface area contributed by atoms with E-state index in [9.17, 15) is 9.18 Å². The molecule has 0 amide bonds. The van der Waals surface area contributed by atoms with Crippen molar-refractivity contribution >= 4 is 17.4 Å². The molecule has 5 heteroatoms. The molecule has 0 aliphatic heterocycles. The predicted molar refractivity (Wildman–Crippen MR) is 67.4 cm³/mol. The molecule has 0 radical (unpaired) electrons. The predicted octanol–water partition coefficient (Wildman–Crippen LogP) is 3.01. The van der Waals surface area contributed by atoms with Crippen LogP contribution in [-0.4, -0.2) is 15.6 Å². The average Bonchev–Trinajstić information content (AvgIpc) is 2.72. The number of hydrogen-bond acceptors (Lipinski definition) is 2. The molecule has 0 bridgehead atoms. The van der Waals surface area contributed by atoms with E-state index in [4.69, 9.17) is 11.6 Å². The first-order valence-electron chi connectivity index (χ1n) is 5.55. The van der Waals surface area contributed by atoms with Crippen molar-refractivity contribution in [3.8, 4) is 0 Å². The van der Waals surface area contributed by atoms with Gasteiger partial charge in [-0.05, 0) is 24.6 Å². The lowest BCUT2D eigenvalue weighted by molar-refractivity contribution is 0.103. The van der Waals surface area contributed by atoms with Gasteiger partial charge in [-0.1, -0.05) is 18.5 Å². The van der Waals surface area contributed by atoms with E-state index in [0.29, 0.717) is 17.7 Å². The minimum Gasteiger partial charge on any atom is -0.288 e. The first-order valence-corrected chi connectivity index (χ1v) is 5.93. The van der Waals surface area contributed by atoms with Crippen molar-refractivity contribution in [1.29, 1.82) is 0 Å². The molecule has 0 spiro atoms. The fraction of sp³-hybridized carbons (Fsp3) is 0.231. The first-order chi connectivity index (χ1) is 8.52. The maximum Gasteiger partial charge on any atom is 0.198 e. The molecule has 0 aliphatic rings. The van der Waals surface area contributed by atoms with E-state index < -0.39 is 5.82 Å². The first kappa shape index (κ1) is 12.8. The smallest absolute Gasteiger partial charge is 0.198 e. The highest BCUT2D eigenvalue weighted by molar-refractivity contribution is 6.35. The lowest BCUT2D eigenvalue weighted by Gasteiger charge is -2.03. The monoisotopic (exact) mass is 266 g/mol. The van der Waals surface area contributed by atoms with E-state index in [0.717, 1.165) is 6.07 Å². The zero-order valence-corrected chi connectivity index (χ0v) is 10.8. The molecule has 94 valence electrons. The zero-order valence-electron chi connectivity index (χ0n) is 10.1. The van der Waals surface area contributed by atoms with Gasteiger partial charge in [0, 0.05) is 18.8 Å². The second-order valence-electron chi connectivity index (χ2n) is 3.97. The van der Waals surface area contributed by atoms with Gasteiger partial charge in [0.25, 0.3) is 0 Å². The molecule has 0 unspecified atom stereocenters. The molecule has 0 atom stereocenters. The summed E-state index contributed by atoms with van der Waals surface area (Å²) in [6.45, 7) is 1.91. The molecule has 3 nitrogen and oxygen atoms in total. The van der Waals surface area contributed by atoms with Crippen LogP contribution in [0.15, 0.2) is 24.4 Å². The summed E-state index contributed by atoms with van der Waals surface area (Å²) in [4.78, 5) is 12.3. The van der Waals surface area contributed by atoms with Gasteiger partial charge in [-0.3, -0.25) is 9.48 Å². The summed E-state index contributed by atoms with van der Waals surface area (Å²) in [6, 6.07) is 3.76. The SMILES string of the molecule is CCc1nn(C)cc1C(=O)c1cc(F)ccc1Cl. The summed E-state index contributed by atoms with van der Waals surface area (Å²) in [6.07, 6.45) is 2.26. The highest BCUT2D eigenvalue weighted by Crippen LogP contribution is 2.22. The van der Waals surface area contributed by atoms with Crippen LogP contribution in [-0.2, 0) is 13.5 Å². The molecule has 0 fully saturated rings. The quantitative estimate of drug-likeness (QED) is 0.801. The number of carbonyl (C=O) groups is 1. The number of carbonyl (C=O) groups excluding carboxylic acids is 1. The Morgan fingerprint density at radius 3 is 2.83 bits per heavy atom. The molecule has 2 rings (SSSR count). The molecule has 0 aliphatic carbocycles. The van der Waals surface area contributed by atoms with E-state index in [-0.39, 0.29) is 16.4 Å². The van der Waals surface area contributed by atoms with Crippen LogP contribution >= 0.6 is 11.6 Å². The van der Waals surface area contributed by atoms with Crippen LogP contribution < -0.4 is 0 Å². The zero-order chi connectivity index (χ0) is 13.3. The normalized spacial score (nSPS) is 10.7. The standard InChI is InChI=1S/C13H12ClFN2O/c1-3-12-10(7-17(2)16-12)13(18)9-6-8(15)4-5-11(9)14/h4-7H,3H2,1-2H3. The Labute approximate surface area is 109 Å². The number of ketones is 1. The Hall–Kier alpha value is -1.68. The third kappa shape index (κ3) is 2.29. The summed E-state index contributed by atoms with van der Waals surface area (Å²) in [5.74, 6) is -0.783. The lowest BCUT2D eigenvalue weighted by atomic mass is 10.0. The third-order valence-corrected chi connectivity index (χ3v) is 2.99. The molecular formula is C13H12ClFN2O. The van der Waals surface area contributed by atoms with E-state index in [1.165, 1.54) is 12.1 Å². The molecule has 0 N–H and O–H groups in total. The van der Waals surface area contributed by atoms with Gasteiger partial charge in [-0.25, -0.2) is 4.39 Å². The highest BCUT2D eigenvalue weighted by atomic mass is 35.5. The molecule has 1 heterocycles. The molecule has 1 aromatic heterocycles. The molecule has 18 heavy (non-hydrogen) atoms. The lowest BCUT2D eigenvalue weighted by Crippen LogP contribution is -2.04. The Morgan fingerprint density at radius 2 is 2.17 bits per heavy atom. The minimum atomic E-state index is -0.482. The minimum absolute atomic E-state index is 0.166. The number of rotatable bonds is 3. The molecule has 0 saturated carbocycles. The van der Waals surface area contributed by atoms with Crippen molar-refractivity contribution in [3.63, 3.8) is 0 Å². The second-order valence-corrected chi connectivity index (χ2v) is 4.38. The van der Waals surface area contributed by atoms with Gasteiger partial charge in [0.2, 0.25) is 0 Å². The van der Waals surface area contributed by atoms with Gasteiger partial charge >= 0.3 is 0 Å². The van der Waals surface area contributed by atoms with Crippen molar-refractivity contribution in [2.24, 2.45) is 7.05 Å². The van der Waals surface area contributed by atoms with Crippen LogP contribution in [0.5, 0.6) is 0 Å². The fourth-order valence-electron chi connectivity index (χ4n) is 1.80. The molecule has 2 aromatic rings. The van der Waals surface area contributed by atoms with Gasteiger partial charge in [0.1, 0.15) is 5.82 Å². The van der Waals surface area contributed by atoms with Crippen LogP contribution in [0.25, 0.3) is 0 Å². The number of halogens is 2. The van der Waals surface area contributed by atoms with Crippen LogP contribution in [0.3, 0.4) is 0 Å². The van der Waals surface area contributed by atoms with Crippen LogP contribution in [0.1, 0.15) is 28.5 Å². The Balaban J connectivity index is 2.50. The van der Waals surface area contributed by atoms with Crippen molar-refractivity contribution in [2.45, 2.75) is 13.3 Å². The number of benzene rings is 1. The Bertz CT molecular complexity index is 607. The van der Waals surface area contributed by atoms with Gasteiger partial charge in [0.15, 0.2) is 5.78 Å². The Morgan fingerprint density at radius 1 is 1.44 bits per heavy atom. The summed E-state index contributed by atoms with van der Waals surface area (Å²) < 4.78 is 14.7. The topological polar surface area (TPSA) is 34.9 Å². The summed E-state index contributed by atoms with van der Waals surface area (Å²) in [5.41, 5.74) is 1.31. The number of aromatic nitrogens is 2. The van der Waals surface area contributed by atoms with Crippen LogP contribution in [0, 0.1) is 5.82 Å². The van der Waals surface area contributed by atoms with Gasteiger partial charge < -0.3 is 0 Å². The second kappa shape index (κ2) is 4.90. The maximum atomic E-state index is 13.2. The molecule has 1 aromatic carbocycles. The number of hydrogen-bond donors (Lipinski definition) is 0. The molecule has 0 saturated heterocycles. The van der Waals surface area contributed by atoms with Crippen molar-refractivity contribution < 1.29 is 9.18 Å². The number of nitrogens with zero attached hydrogens (tertiary/aromatic N) is 2. The largest absolute Gasteiger partial charge is 0.288 e. The van der Waals surface area contributed by atoms with Crippen molar-refractivity contribution in [3.05, 3.63) is 52.1 Å². The van der Waals surface area contributed by atoms with E-state index in [1.54, 1.807) is 17.9 Å². The van der Waals surface area contributed by atoms with E-state index in [1.807, 2.05) is 6.92 Å². The van der Waals surface area contributed by atoms with Crippen LogP contribution in [0.4, 0.5) is 4.39 Å². The average molecular weight is 267 g/mol. The van der Waals surface area contributed by atoms with Gasteiger partial charge in [0.05, 0.1) is 16.3 Å². The molecular weight excluding hydrogens is 255 g/mol. The fourth-order valence-corrected chi connectivity index (χ4v) is 2.01. The summed E-state index contributed by atoms with van der Waals surface area (Å²) in [7, 11) is 1.74. The summed E-state index contributed by atoms with van der Waals surface area (Å²) >= 11 is 5.93. The van der Waals surface area contributed by atoms with Crippen molar-refractivity contribution in [1.82, 2.24) is 9.78 Å². The van der Waals surface area contributed by atoms with Crippen molar-refractivity contribution in [2.75, 3.05) is 0 Å². The maximum absolute atomic E-state index is 13.2. The number of aryl methyl sites for hydroxylation is 2. The Kier molecular flexibility index (Phi) is 3.48. The van der Waals surface area contributed by atoms with Crippen LogP contribution in [0.2, 0.25) is 5.02 Å². The van der Waals surface area contributed by atoms with Gasteiger partial charge in [-0.2, -0.15) is 5.10 Å². The summed E-state index contributed by atoms with van der Waals surface area (Å²) in [5, 5.41) is 4.43.